The molecule has 92 valence electrons. The zero-order chi connectivity index (χ0) is 11.7. The molecule has 0 atom stereocenters. The molecule has 15 heavy (non-hydrogen) atoms. The fraction of sp³-hybridized carbons (Fsp3) is 1.00. The first-order valence-electron chi connectivity index (χ1n) is 6.71. The third-order valence-electron chi connectivity index (χ3n) is 3.60. The van der Waals surface area contributed by atoms with E-state index in [1.165, 1.54) is 38.6 Å². The van der Waals surface area contributed by atoms with Gasteiger partial charge in [-0.25, -0.2) is 0 Å². The minimum Gasteiger partial charge on any atom is -0.316 e. The molecule has 1 N–H and O–H groups in total. The lowest BCUT2D eigenvalue weighted by Crippen LogP contribution is -2.33. The summed E-state index contributed by atoms with van der Waals surface area (Å²) in [5.74, 6) is 0.755. The molecule has 0 fully saturated rings. The van der Waals surface area contributed by atoms with Crippen molar-refractivity contribution in [3.63, 3.8) is 0 Å². The van der Waals surface area contributed by atoms with Crippen molar-refractivity contribution in [2.75, 3.05) is 13.1 Å². The summed E-state index contributed by atoms with van der Waals surface area (Å²) < 4.78 is 0. The lowest BCUT2D eigenvalue weighted by molar-refractivity contribution is 0.238. The molecular formula is C14H31N. The topological polar surface area (TPSA) is 12.0 Å². The van der Waals surface area contributed by atoms with Gasteiger partial charge in [-0.3, -0.25) is 0 Å². The van der Waals surface area contributed by atoms with Gasteiger partial charge in [0, 0.05) is 6.54 Å². The van der Waals surface area contributed by atoms with Gasteiger partial charge in [-0.2, -0.15) is 0 Å². The van der Waals surface area contributed by atoms with E-state index in [0.717, 1.165) is 12.5 Å². The van der Waals surface area contributed by atoms with Crippen LogP contribution in [0.1, 0.15) is 66.7 Å². The van der Waals surface area contributed by atoms with Gasteiger partial charge in [0.1, 0.15) is 0 Å². The van der Waals surface area contributed by atoms with Crippen molar-refractivity contribution in [2.24, 2.45) is 11.3 Å². The molecule has 0 amide bonds. The van der Waals surface area contributed by atoms with E-state index in [0.29, 0.717) is 5.41 Å². The van der Waals surface area contributed by atoms with Crippen molar-refractivity contribution in [3.05, 3.63) is 0 Å². The van der Waals surface area contributed by atoms with E-state index < -0.39 is 0 Å². The molecule has 1 heteroatoms. The summed E-state index contributed by atoms with van der Waals surface area (Å²) in [6, 6.07) is 0. The maximum atomic E-state index is 3.58. The van der Waals surface area contributed by atoms with Crippen LogP contribution in [0.4, 0.5) is 0 Å². The summed E-state index contributed by atoms with van der Waals surface area (Å²) >= 11 is 0. The van der Waals surface area contributed by atoms with Crippen LogP contribution in [0, 0.1) is 11.3 Å². The zero-order valence-electron chi connectivity index (χ0n) is 11.5. The van der Waals surface area contributed by atoms with Crippen LogP contribution >= 0.6 is 0 Å². The van der Waals surface area contributed by atoms with Crippen molar-refractivity contribution >= 4 is 0 Å². The van der Waals surface area contributed by atoms with Gasteiger partial charge in [0.25, 0.3) is 0 Å². The summed E-state index contributed by atoms with van der Waals surface area (Å²) in [6.45, 7) is 13.9. The molecule has 0 aliphatic carbocycles. The molecule has 0 spiro atoms. The van der Waals surface area contributed by atoms with E-state index in [1.54, 1.807) is 0 Å². The molecule has 0 bridgehead atoms. The molecule has 1 nitrogen and oxygen atoms in total. The van der Waals surface area contributed by atoms with Crippen molar-refractivity contribution in [1.29, 1.82) is 0 Å². The van der Waals surface area contributed by atoms with Crippen molar-refractivity contribution in [1.82, 2.24) is 5.32 Å². The van der Waals surface area contributed by atoms with Gasteiger partial charge >= 0.3 is 0 Å². The normalized spacial score (nSPS) is 12.4. The van der Waals surface area contributed by atoms with Gasteiger partial charge in [-0.05, 0) is 24.3 Å². The first-order chi connectivity index (χ1) is 7.00. The second-order valence-corrected chi connectivity index (χ2v) is 5.73. The van der Waals surface area contributed by atoms with E-state index in [4.69, 9.17) is 0 Å². The van der Waals surface area contributed by atoms with Crippen LogP contribution in [0.25, 0.3) is 0 Å². The third kappa shape index (κ3) is 7.84. The summed E-state index contributed by atoms with van der Waals surface area (Å²) in [5, 5.41) is 3.58. The van der Waals surface area contributed by atoms with Gasteiger partial charge in [0.2, 0.25) is 0 Å². The van der Waals surface area contributed by atoms with Crippen LogP contribution in [0.15, 0.2) is 0 Å². The average Bonchev–Trinajstić information content (AvgIpc) is 2.16. The maximum absolute atomic E-state index is 3.58. The molecule has 0 aliphatic heterocycles. The van der Waals surface area contributed by atoms with Crippen molar-refractivity contribution in [3.8, 4) is 0 Å². The Morgan fingerprint density at radius 1 is 1.00 bits per heavy atom. The molecule has 0 aromatic rings. The van der Waals surface area contributed by atoms with Gasteiger partial charge in [0.15, 0.2) is 0 Å². The minimum atomic E-state index is 0.434. The Balaban J connectivity index is 3.31. The second-order valence-electron chi connectivity index (χ2n) is 5.73. The minimum absolute atomic E-state index is 0.434. The third-order valence-corrected chi connectivity index (χ3v) is 3.60. The highest BCUT2D eigenvalue weighted by molar-refractivity contribution is 4.74. The van der Waals surface area contributed by atoms with E-state index >= 15 is 0 Å². The quantitative estimate of drug-likeness (QED) is 0.565. The number of hydrogen-bond donors (Lipinski definition) is 1. The highest BCUT2D eigenvalue weighted by atomic mass is 14.9. The highest BCUT2D eigenvalue weighted by Crippen LogP contribution is 2.24. The Morgan fingerprint density at radius 2 is 1.60 bits per heavy atom. The predicted octanol–water partition coefficient (Wildman–Crippen LogP) is 4.23. The standard InChI is InChI=1S/C14H31N/c1-6-7-8-9-10-11-15-12-14(4,5)13(2)3/h13,15H,6-12H2,1-5H3. The van der Waals surface area contributed by atoms with Crippen LogP contribution in [-0.2, 0) is 0 Å². The maximum Gasteiger partial charge on any atom is 0.000496 e. The van der Waals surface area contributed by atoms with Gasteiger partial charge in [0.05, 0.1) is 0 Å². The van der Waals surface area contributed by atoms with E-state index in [2.05, 4.69) is 39.9 Å². The summed E-state index contributed by atoms with van der Waals surface area (Å²) in [6.07, 6.45) is 6.88. The number of nitrogens with one attached hydrogen (secondary N) is 1. The van der Waals surface area contributed by atoms with Crippen LogP contribution in [0.5, 0.6) is 0 Å². The molecule has 0 saturated carbocycles. The molecule has 0 radical (unpaired) electrons. The number of rotatable bonds is 9. The fourth-order valence-electron chi connectivity index (χ4n) is 1.47. The molecule has 0 rings (SSSR count). The summed E-state index contributed by atoms with van der Waals surface area (Å²) in [7, 11) is 0. The van der Waals surface area contributed by atoms with Crippen LogP contribution in [0.3, 0.4) is 0 Å². The zero-order valence-corrected chi connectivity index (χ0v) is 11.5. The number of hydrogen-bond acceptors (Lipinski definition) is 1. The molecular weight excluding hydrogens is 182 g/mol. The van der Waals surface area contributed by atoms with Crippen LogP contribution < -0.4 is 5.32 Å². The Kier molecular flexibility index (Phi) is 8.13. The Morgan fingerprint density at radius 3 is 2.13 bits per heavy atom. The molecule has 0 heterocycles. The number of unbranched alkanes of at least 4 members (excludes halogenated alkanes) is 4. The van der Waals surface area contributed by atoms with Crippen molar-refractivity contribution in [2.45, 2.75) is 66.7 Å². The average molecular weight is 213 g/mol. The van der Waals surface area contributed by atoms with Gasteiger partial charge < -0.3 is 5.32 Å². The largest absolute Gasteiger partial charge is 0.316 e. The van der Waals surface area contributed by atoms with Gasteiger partial charge in [-0.15, -0.1) is 0 Å². The lowest BCUT2D eigenvalue weighted by Gasteiger charge is -2.29. The summed E-state index contributed by atoms with van der Waals surface area (Å²) in [5.41, 5.74) is 0.434. The lowest BCUT2D eigenvalue weighted by atomic mass is 9.81. The molecule has 0 aromatic heterocycles. The first-order valence-corrected chi connectivity index (χ1v) is 6.71. The molecule has 0 aliphatic rings. The molecule has 0 unspecified atom stereocenters. The van der Waals surface area contributed by atoms with E-state index in [9.17, 15) is 0 Å². The summed E-state index contributed by atoms with van der Waals surface area (Å²) in [4.78, 5) is 0. The smallest absolute Gasteiger partial charge is 0.000496 e. The SMILES string of the molecule is CCCCCCCNCC(C)(C)C(C)C. The Hall–Kier alpha value is -0.0400. The highest BCUT2D eigenvalue weighted by Gasteiger charge is 2.21. The monoisotopic (exact) mass is 213 g/mol. The second kappa shape index (κ2) is 8.15. The van der Waals surface area contributed by atoms with E-state index in [-0.39, 0.29) is 0 Å². The van der Waals surface area contributed by atoms with Gasteiger partial charge in [-0.1, -0.05) is 60.3 Å². The van der Waals surface area contributed by atoms with Crippen LogP contribution in [-0.4, -0.2) is 13.1 Å². The van der Waals surface area contributed by atoms with Crippen LogP contribution in [0.2, 0.25) is 0 Å². The van der Waals surface area contributed by atoms with Crippen molar-refractivity contribution < 1.29 is 0 Å². The predicted molar refractivity (Wildman–Crippen MR) is 70.2 cm³/mol. The molecule has 0 aromatic carbocycles. The Bertz CT molecular complexity index is 138. The van der Waals surface area contributed by atoms with E-state index in [1.807, 2.05) is 0 Å². The molecule has 0 saturated heterocycles. The first kappa shape index (κ1) is 15.0. The Labute approximate surface area is 97.0 Å². The fourth-order valence-corrected chi connectivity index (χ4v) is 1.47.